The van der Waals surface area contributed by atoms with Crippen molar-refractivity contribution >= 4 is 27.5 Å². The summed E-state index contributed by atoms with van der Waals surface area (Å²) in [7, 11) is -3.78. The van der Waals surface area contributed by atoms with Crippen molar-refractivity contribution in [1.82, 2.24) is 10.2 Å². The number of sulfonamides is 1. The SMILES string of the molecule is C[C@H](C(=O)N[C@H](C)c1ccc(F)cc1)N1CCC(C(=O)Nc2ccc(S(N)(=O)=O)cc2)CC1. The lowest BCUT2D eigenvalue weighted by molar-refractivity contribution is -0.127. The van der Waals surface area contributed by atoms with Crippen LogP contribution in [0.25, 0.3) is 0 Å². The number of carbonyl (C=O) groups is 2. The van der Waals surface area contributed by atoms with Gasteiger partial charge in [-0.1, -0.05) is 12.1 Å². The van der Waals surface area contributed by atoms with E-state index in [2.05, 4.69) is 10.6 Å². The van der Waals surface area contributed by atoms with Gasteiger partial charge < -0.3 is 10.6 Å². The van der Waals surface area contributed by atoms with Crippen molar-refractivity contribution in [2.45, 2.75) is 43.7 Å². The van der Waals surface area contributed by atoms with Gasteiger partial charge in [0.25, 0.3) is 0 Å². The zero-order valence-electron chi connectivity index (χ0n) is 18.6. The molecule has 3 rings (SSSR count). The zero-order valence-corrected chi connectivity index (χ0v) is 19.4. The molecular formula is C23H29FN4O4S. The Bertz CT molecular complexity index is 1080. The van der Waals surface area contributed by atoms with E-state index in [1.54, 1.807) is 12.1 Å². The molecule has 0 unspecified atom stereocenters. The highest BCUT2D eigenvalue weighted by molar-refractivity contribution is 7.89. The first kappa shape index (κ1) is 24.8. The molecule has 178 valence electrons. The van der Waals surface area contributed by atoms with E-state index >= 15 is 0 Å². The third-order valence-corrected chi connectivity index (χ3v) is 6.94. The summed E-state index contributed by atoms with van der Waals surface area (Å²) in [6.45, 7) is 4.88. The third-order valence-electron chi connectivity index (χ3n) is 6.01. The molecule has 1 aliphatic heterocycles. The molecule has 0 spiro atoms. The van der Waals surface area contributed by atoms with Crippen LogP contribution < -0.4 is 15.8 Å². The molecule has 2 atom stereocenters. The van der Waals surface area contributed by atoms with E-state index in [4.69, 9.17) is 5.14 Å². The number of hydrogen-bond acceptors (Lipinski definition) is 5. The summed E-state index contributed by atoms with van der Waals surface area (Å²) in [5.41, 5.74) is 1.32. The summed E-state index contributed by atoms with van der Waals surface area (Å²) < 4.78 is 35.8. The van der Waals surface area contributed by atoms with Crippen LogP contribution in [0.3, 0.4) is 0 Å². The predicted molar refractivity (Wildman–Crippen MR) is 123 cm³/mol. The maximum Gasteiger partial charge on any atom is 0.238 e. The van der Waals surface area contributed by atoms with Gasteiger partial charge in [0.15, 0.2) is 0 Å². The number of amides is 2. The van der Waals surface area contributed by atoms with Gasteiger partial charge in [-0.2, -0.15) is 0 Å². The quantitative estimate of drug-likeness (QED) is 0.567. The number of anilines is 1. The molecule has 1 aliphatic rings. The van der Waals surface area contributed by atoms with Gasteiger partial charge in [-0.05, 0) is 81.7 Å². The number of primary sulfonamides is 1. The summed E-state index contributed by atoms with van der Waals surface area (Å²) >= 11 is 0. The molecule has 0 bridgehead atoms. The summed E-state index contributed by atoms with van der Waals surface area (Å²) in [5.74, 6) is -0.782. The minimum Gasteiger partial charge on any atom is -0.348 e. The standard InChI is InChI=1S/C23H29FN4O4S/c1-15(17-3-5-19(24)6-4-17)26-22(29)16(2)28-13-11-18(12-14-28)23(30)27-20-7-9-21(10-8-20)33(25,31)32/h3-10,15-16,18H,11-14H2,1-2H3,(H,26,29)(H,27,30)(H2,25,31,32)/t15-,16-/m1/s1. The van der Waals surface area contributed by atoms with Crippen LogP contribution in [-0.2, 0) is 19.6 Å². The Balaban J connectivity index is 1.48. The molecule has 2 aromatic carbocycles. The second-order valence-corrected chi connectivity index (χ2v) is 9.89. The third kappa shape index (κ3) is 6.59. The molecule has 2 amide bonds. The number of piperidine rings is 1. The van der Waals surface area contributed by atoms with Crippen LogP contribution in [-0.4, -0.2) is 44.3 Å². The van der Waals surface area contributed by atoms with Crippen LogP contribution in [0.2, 0.25) is 0 Å². The van der Waals surface area contributed by atoms with Crippen LogP contribution in [0.5, 0.6) is 0 Å². The van der Waals surface area contributed by atoms with Gasteiger partial charge >= 0.3 is 0 Å². The largest absolute Gasteiger partial charge is 0.348 e. The van der Waals surface area contributed by atoms with Crippen molar-refractivity contribution in [3.05, 3.63) is 59.9 Å². The van der Waals surface area contributed by atoms with Crippen LogP contribution >= 0.6 is 0 Å². The molecular weight excluding hydrogens is 447 g/mol. The van der Waals surface area contributed by atoms with Crippen molar-refractivity contribution in [2.24, 2.45) is 11.1 Å². The minimum atomic E-state index is -3.78. The Morgan fingerprint density at radius 1 is 1.03 bits per heavy atom. The molecule has 2 aromatic rings. The number of benzene rings is 2. The second kappa shape index (κ2) is 10.4. The van der Waals surface area contributed by atoms with Crippen molar-refractivity contribution in [3.8, 4) is 0 Å². The summed E-state index contributed by atoms with van der Waals surface area (Å²) in [5, 5.41) is 10.8. The summed E-state index contributed by atoms with van der Waals surface area (Å²) in [6, 6.07) is 11.1. The van der Waals surface area contributed by atoms with Crippen LogP contribution in [0, 0.1) is 11.7 Å². The van der Waals surface area contributed by atoms with Gasteiger partial charge in [-0.3, -0.25) is 14.5 Å². The second-order valence-electron chi connectivity index (χ2n) is 8.33. The van der Waals surface area contributed by atoms with E-state index in [1.165, 1.54) is 36.4 Å². The first-order chi connectivity index (χ1) is 15.5. The van der Waals surface area contributed by atoms with Gasteiger partial charge in [0.1, 0.15) is 5.82 Å². The average Bonchev–Trinajstić information content (AvgIpc) is 2.78. The lowest BCUT2D eigenvalue weighted by atomic mass is 9.94. The number of likely N-dealkylation sites (tertiary alicyclic amines) is 1. The number of nitrogens with zero attached hydrogens (tertiary/aromatic N) is 1. The van der Waals surface area contributed by atoms with Crippen LogP contribution in [0.1, 0.15) is 38.3 Å². The molecule has 8 nitrogen and oxygen atoms in total. The number of halogens is 1. The molecule has 4 N–H and O–H groups in total. The van der Waals surface area contributed by atoms with Crippen molar-refractivity contribution in [1.29, 1.82) is 0 Å². The van der Waals surface area contributed by atoms with Gasteiger partial charge in [-0.25, -0.2) is 17.9 Å². The molecule has 33 heavy (non-hydrogen) atoms. The molecule has 0 aliphatic carbocycles. The van der Waals surface area contributed by atoms with E-state index < -0.39 is 10.0 Å². The number of hydrogen-bond donors (Lipinski definition) is 3. The molecule has 0 aromatic heterocycles. The van der Waals surface area contributed by atoms with Crippen molar-refractivity contribution in [3.63, 3.8) is 0 Å². The number of rotatable bonds is 7. The highest BCUT2D eigenvalue weighted by atomic mass is 32.2. The van der Waals surface area contributed by atoms with Crippen molar-refractivity contribution in [2.75, 3.05) is 18.4 Å². The van der Waals surface area contributed by atoms with Gasteiger partial charge in [0.05, 0.1) is 17.0 Å². The Morgan fingerprint density at radius 3 is 2.15 bits per heavy atom. The van der Waals surface area contributed by atoms with E-state index in [0.717, 1.165) is 5.56 Å². The molecule has 0 radical (unpaired) electrons. The number of nitrogens with two attached hydrogens (primary N) is 1. The van der Waals surface area contributed by atoms with Gasteiger partial charge in [0, 0.05) is 11.6 Å². The Morgan fingerprint density at radius 2 is 1.61 bits per heavy atom. The van der Waals surface area contributed by atoms with Gasteiger partial charge in [0.2, 0.25) is 21.8 Å². The Labute approximate surface area is 193 Å². The smallest absolute Gasteiger partial charge is 0.238 e. The lowest BCUT2D eigenvalue weighted by Crippen LogP contribution is -2.49. The van der Waals surface area contributed by atoms with E-state index in [9.17, 15) is 22.4 Å². The highest BCUT2D eigenvalue weighted by Gasteiger charge is 2.30. The first-order valence-corrected chi connectivity index (χ1v) is 12.3. The summed E-state index contributed by atoms with van der Waals surface area (Å²) in [6.07, 6.45) is 1.21. The molecule has 10 heteroatoms. The molecule has 1 saturated heterocycles. The Hall–Kier alpha value is -2.82. The average molecular weight is 477 g/mol. The fourth-order valence-corrected chi connectivity index (χ4v) is 4.37. The fourth-order valence-electron chi connectivity index (χ4n) is 3.86. The summed E-state index contributed by atoms with van der Waals surface area (Å²) in [4.78, 5) is 27.3. The first-order valence-electron chi connectivity index (χ1n) is 10.8. The zero-order chi connectivity index (χ0) is 24.2. The lowest BCUT2D eigenvalue weighted by Gasteiger charge is -2.35. The molecule has 1 heterocycles. The predicted octanol–water partition coefficient (Wildman–Crippen LogP) is 2.39. The van der Waals surface area contributed by atoms with E-state index in [1.807, 2.05) is 18.7 Å². The maximum absolute atomic E-state index is 13.1. The molecule has 1 fully saturated rings. The van der Waals surface area contributed by atoms with E-state index in [-0.39, 0.29) is 40.5 Å². The minimum absolute atomic E-state index is 0.0187. The van der Waals surface area contributed by atoms with Crippen molar-refractivity contribution < 1.29 is 22.4 Å². The fraction of sp³-hybridized carbons (Fsp3) is 0.391. The van der Waals surface area contributed by atoms with Crippen LogP contribution in [0.4, 0.5) is 10.1 Å². The molecule has 0 saturated carbocycles. The monoisotopic (exact) mass is 476 g/mol. The van der Waals surface area contributed by atoms with Crippen LogP contribution in [0.15, 0.2) is 53.4 Å². The van der Waals surface area contributed by atoms with Gasteiger partial charge in [-0.15, -0.1) is 0 Å². The Kier molecular flexibility index (Phi) is 7.83. The number of carbonyl (C=O) groups excluding carboxylic acids is 2. The van der Waals surface area contributed by atoms with E-state index in [0.29, 0.717) is 31.6 Å². The topological polar surface area (TPSA) is 122 Å². The highest BCUT2D eigenvalue weighted by Crippen LogP contribution is 2.22. The normalized spacial score (nSPS) is 17.2. The number of nitrogens with one attached hydrogen (secondary N) is 2. The maximum atomic E-state index is 13.1.